The third-order valence-electron chi connectivity index (χ3n) is 5.21. The van der Waals surface area contributed by atoms with E-state index in [0.717, 1.165) is 28.8 Å². The van der Waals surface area contributed by atoms with Crippen molar-refractivity contribution in [3.8, 4) is 5.75 Å². The zero-order valence-electron chi connectivity index (χ0n) is 19.9. The minimum atomic E-state index is -0.537. The molecule has 0 aliphatic carbocycles. The number of aromatic nitrogens is 1. The normalized spacial score (nSPS) is 10.7. The first-order valence-corrected chi connectivity index (χ1v) is 13.3. The highest BCUT2D eigenvalue weighted by Gasteiger charge is 2.16. The summed E-state index contributed by atoms with van der Waals surface area (Å²) in [6.07, 6.45) is 2.04. The number of unbranched alkanes of at least 4 members (excludes halogenated alkanes) is 1. The van der Waals surface area contributed by atoms with Crippen LogP contribution in [0.5, 0.6) is 5.75 Å². The van der Waals surface area contributed by atoms with E-state index in [1.165, 1.54) is 35.2 Å². The van der Waals surface area contributed by atoms with Crippen LogP contribution >= 0.6 is 23.1 Å². The van der Waals surface area contributed by atoms with Crippen molar-refractivity contribution in [2.75, 3.05) is 23.0 Å². The van der Waals surface area contributed by atoms with E-state index in [1.54, 1.807) is 42.5 Å². The molecule has 9 nitrogen and oxygen atoms in total. The van der Waals surface area contributed by atoms with E-state index >= 15 is 0 Å². The van der Waals surface area contributed by atoms with Crippen molar-refractivity contribution >= 4 is 62.2 Å². The topological polar surface area (TPSA) is 123 Å². The number of fused-ring (bicyclic) bond motifs is 1. The minimum Gasteiger partial charge on any atom is -0.494 e. The molecule has 0 spiro atoms. The lowest BCUT2D eigenvalue weighted by Gasteiger charge is -2.07. The molecule has 0 radical (unpaired) electrons. The number of hydrogen-bond donors (Lipinski definition) is 2. The number of thioether (sulfide) groups is 1. The number of amides is 2. The predicted molar refractivity (Wildman–Crippen MR) is 147 cm³/mol. The Morgan fingerprint density at radius 3 is 2.62 bits per heavy atom. The molecule has 0 unspecified atom stereocenters. The molecule has 1 aromatic heterocycles. The average molecular weight is 537 g/mol. The van der Waals surface area contributed by atoms with Gasteiger partial charge in [0.05, 0.1) is 27.5 Å². The van der Waals surface area contributed by atoms with Crippen LogP contribution in [-0.4, -0.2) is 34.1 Å². The number of rotatable bonds is 11. The number of thiazole rings is 1. The molecule has 0 fully saturated rings. The third kappa shape index (κ3) is 7.05. The molecule has 4 rings (SSSR count). The Kier molecular flexibility index (Phi) is 8.70. The Balaban J connectivity index is 1.34. The SMILES string of the molecule is CCCCOc1ccc(C(=O)Nc2ccc3nc(SCC(=O)Nc4ccccc4[N+](=O)[O-])sc3c2)cc1. The summed E-state index contributed by atoms with van der Waals surface area (Å²) < 4.78 is 7.17. The molecule has 3 aromatic carbocycles. The summed E-state index contributed by atoms with van der Waals surface area (Å²) >= 11 is 2.64. The van der Waals surface area contributed by atoms with Crippen molar-refractivity contribution < 1.29 is 19.2 Å². The lowest BCUT2D eigenvalue weighted by atomic mass is 10.2. The van der Waals surface area contributed by atoms with Crippen molar-refractivity contribution in [3.05, 3.63) is 82.4 Å². The maximum atomic E-state index is 12.7. The van der Waals surface area contributed by atoms with Crippen LogP contribution in [0, 0.1) is 10.1 Å². The molecule has 37 heavy (non-hydrogen) atoms. The Bertz CT molecular complexity index is 1420. The molecule has 2 amide bonds. The summed E-state index contributed by atoms with van der Waals surface area (Å²) in [5.41, 5.74) is 1.90. The number of carbonyl (C=O) groups is 2. The quantitative estimate of drug-likeness (QED) is 0.0988. The Hall–Kier alpha value is -3.96. The molecule has 0 aliphatic heterocycles. The Labute approximate surface area is 221 Å². The highest BCUT2D eigenvalue weighted by atomic mass is 32.2. The monoisotopic (exact) mass is 536 g/mol. The van der Waals surface area contributed by atoms with Gasteiger partial charge < -0.3 is 15.4 Å². The fourth-order valence-corrected chi connectivity index (χ4v) is 5.24. The van der Waals surface area contributed by atoms with Crippen LogP contribution in [0.2, 0.25) is 0 Å². The first-order valence-electron chi connectivity index (χ1n) is 11.5. The second-order valence-electron chi connectivity index (χ2n) is 7.95. The largest absolute Gasteiger partial charge is 0.494 e. The van der Waals surface area contributed by atoms with E-state index in [0.29, 0.717) is 22.2 Å². The van der Waals surface area contributed by atoms with Gasteiger partial charge in [0, 0.05) is 17.3 Å². The number of benzene rings is 3. The van der Waals surface area contributed by atoms with Crippen molar-refractivity contribution in [2.24, 2.45) is 0 Å². The van der Waals surface area contributed by atoms with Gasteiger partial charge in [-0.1, -0.05) is 37.2 Å². The Morgan fingerprint density at radius 1 is 1.08 bits per heavy atom. The number of carbonyl (C=O) groups excluding carboxylic acids is 2. The van der Waals surface area contributed by atoms with Gasteiger partial charge in [-0.2, -0.15) is 0 Å². The van der Waals surface area contributed by atoms with Crippen LogP contribution in [0.15, 0.2) is 71.1 Å². The van der Waals surface area contributed by atoms with E-state index < -0.39 is 4.92 Å². The number of para-hydroxylation sites is 2. The molecule has 0 atom stereocenters. The zero-order chi connectivity index (χ0) is 26.2. The minimum absolute atomic E-state index is 0.0492. The second kappa shape index (κ2) is 12.3. The Morgan fingerprint density at radius 2 is 1.86 bits per heavy atom. The molecular formula is C26H24N4O5S2. The first kappa shape index (κ1) is 26.1. The van der Waals surface area contributed by atoms with E-state index in [1.807, 2.05) is 12.1 Å². The van der Waals surface area contributed by atoms with E-state index in [-0.39, 0.29) is 28.9 Å². The lowest BCUT2D eigenvalue weighted by Crippen LogP contribution is -2.15. The van der Waals surface area contributed by atoms with Crippen molar-refractivity contribution in [2.45, 2.75) is 24.1 Å². The van der Waals surface area contributed by atoms with Gasteiger partial charge in [0.1, 0.15) is 11.4 Å². The van der Waals surface area contributed by atoms with Crippen LogP contribution in [0.3, 0.4) is 0 Å². The zero-order valence-corrected chi connectivity index (χ0v) is 21.6. The summed E-state index contributed by atoms with van der Waals surface area (Å²) in [5, 5.41) is 16.6. The third-order valence-corrected chi connectivity index (χ3v) is 7.37. The molecule has 0 aliphatic rings. The number of ether oxygens (including phenoxy) is 1. The number of nitrogens with one attached hydrogen (secondary N) is 2. The van der Waals surface area contributed by atoms with Gasteiger partial charge in [-0.15, -0.1) is 11.3 Å². The van der Waals surface area contributed by atoms with Gasteiger partial charge >= 0.3 is 0 Å². The van der Waals surface area contributed by atoms with Gasteiger partial charge in [-0.25, -0.2) is 4.98 Å². The highest BCUT2D eigenvalue weighted by Crippen LogP contribution is 2.32. The smallest absolute Gasteiger partial charge is 0.292 e. The fourth-order valence-electron chi connectivity index (χ4n) is 3.34. The molecule has 2 N–H and O–H groups in total. The number of nitro benzene ring substituents is 1. The van der Waals surface area contributed by atoms with Gasteiger partial charge in [-0.3, -0.25) is 19.7 Å². The van der Waals surface area contributed by atoms with Crippen LogP contribution in [-0.2, 0) is 4.79 Å². The van der Waals surface area contributed by atoms with Gasteiger partial charge in [0.2, 0.25) is 5.91 Å². The molecule has 11 heteroatoms. The molecule has 0 bridgehead atoms. The summed E-state index contributed by atoms with van der Waals surface area (Å²) in [4.78, 5) is 40.1. The van der Waals surface area contributed by atoms with Gasteiger partial charge in [0.25, 0.3) is 11.6 Å². The number of hydrogen-bond acceptors (Lipinski definition) is 8. The fraction of sp³-hybridized carbons (Fsp3) is 0.192. The summed E-state index contributed by atoms with van der Waals surface area (Å²) in [6, 6.07) is 18.4. The maximum Gasteiger partial charge on any atom is 0.292 e. The standard InChI is InChI=1S/C26H24N4O5S2/c1-2-3-14-35-19-11-8-17(9-12-19)25(32)27-18-10-13-21-23(15-18)37-26(29-21)36-16-24(31)28-20-6-4-5-7-22(20)30(33)34/h4-13,15H,2-3,14,16H2,1H3,(H,27,32)(H,28,31). The van der Waals surface area contributed by atoms with Crippen LogP contribution in [0.1, 0.15) is 30.1 Å². The average Bonchev–Trinajstić information content (AvgIpc) is 3.30. The molecular weight excluding hydrogens is 512 g/mol. The lowest BCUT2D eigenvalue weighted by molar-refractivity contribution is -0.383. The second-order valence-corrected chi connectivity index (χ2v) is 10.2. The summed E-state index contributed by atoms with van der Waals surface area (Å²) in [6.45, 7) is 2.75. The molecule has 1 heterocycles. The number of anilines is 2. The predicted octanol–water partition coefficient (Wildman–Crippen LogP) is 6.37. The molecule has 190 valence electrons. The van der Waals surface area contributed by atoms with Crippen LogP contribution < -0.4 is 15.4 Å². The maximum absolute atomic E-state index is 12.7. The van der Waals surface area contributed by atoms with Crippen LogP contribution in [0.25, 0.3) is 10.2 Å². The van der Waals surface area contributed by atoms with E-state index in [2.05, 4.69) is 22.5 Å². The number of nitro groups is 1. The first-order chi connectivity index (χ1) is 17.9. The molecule has 0 saturated heterocycles. The van der Waals surface area contributed by atoms with E-state index in [9.17, 15) is 19.7 Å². The van der Waals surface area contributed by atoms with Crippen molar-refractivity contribution in [1.82, 2.24) is 4.98 Å². The number of nitrogens with zero attached hydrogens (tertiary/aromatic N) is 2. The van der Waals surface area contributed by atoms with Gasteiger partial charge in [-0.05, 0) is 55.0 Å². The summed E-state index contributed by atoms with van der Waals surface area (Å²) in [5.74, 6) is 0.184. The van der Waals surface area contributed by atoms with Crippen molar-refractivity contribution in [3.63, 3.8) is 0 Å². The van der Waals surface area contributed by atoms with Crippen molar-refractivity contribution in [1.29, 1.82) is 0 Å². The van der Waals surface area contributed by atoms with Crippen LogP contribution in [0.4, 0.5) is 17.1 Å². The summed E-state index contributed by atoms with van der Waals surface area (Å²) in [7, 11) is 0. The highest BCUT2D eigenvalue weighted by molar-refractivity contribution is 8.01. The molecule has 0 saturated carbocycles. The molecule has 4 aromatic rings. The van der Waals surface area contributed by atoms with E-state index in [4.69, 9.17) is 4.74 Å². The van der Waals surface area contributed by atoms with Gasteiger partial charge in [0.15, 0.2) is 4.34 Å².